The molecule has 18 heteroatoms. The van der Waals surface area contributed by atoms with E-state index in [4.69, 9.17) is 9.47 Å². The van der Waals surface area contributed by atoms with Gasteiger partial charge in [0.05, 0.1) is 37.3 Å². The van der Waals surface area contributed by atoms with Crippen LogP contribution in [0.5, 0.6) is 11.5 Å². The summed E-state index contributed by atoms with van der Waals surface area (Å²) in [5, 5.41) is 4.79. The molecule has 0 spiro atoms. The van der Waals surface area contributed by atoms with Gasteiger partial charge in [-0.25, -0.2) is 18.1 Å². The number of rotatable bonds is 15. The number of thiophene rings is 1. The number of fused-ring (bicyclic) bond motifs is 1. The van der Waals surface area contributed by atoms with Crippen LogP contribution in [0, 0.1) is 0 Å². The maximum atomic E-state index is 15.4. The van der Waals surface area contributed by atoms with Crippen LogP contribution >= 0.6 is 34.9 Å². The molecule has 244 valence electrons. The fraction of sp³-hybridized carbons (Fsp3) is 0.370. The molecule has 0 saturated heterocycles. The van der Waals surface area contributed by atoms with Gasteiger partial charge in [-0.1, -0.05) is 12.1 Å². The molecule has 1 unspecified atom stereocenters. The Morgan fingerprint density at radius 3 is 2.60 bits per heavy atom. The molecule has 0 radical (unpaired) electrons. The summed E-state index contributed by atoms with van der Waals surface area (Å²) in [5.41, 5.74) is -2.88. The van der Waals surface area contributed by atoms with Gasteiger partial charge in [0.1, 0.15) is 29.0 Å². The van der Waals surface area contributed by atoms with Crippen LogP contribution in [0.3, 0.4) is 0 Å². The number of sulfonamides is 1. The van der Waals surface area contributed by atoms with Gasteiger partial charge in [0.25, 0.3) is 10.0 Å². The van der Waals surface area contributed by atoms with Crippen LogP contribution in [0.1, 0.15) is 23.8 Å². The van der Waals surface area contributed by atoms with Crippen molar-refractivity contribution < 1.29 is 40.7 Å². The van der Waals surface area contributed by atoms with E-state index in [0.29, 0.717) is 29.2 Å². The topological polar surface area (TPSA) is 145 Å². The quantitative estimate of drug-likeness (QED) is 0.0671. The molecule has 0 saturated carbocycles. The Hall–Kier alpha value is -2.95. The molecular weight excluding hydrogens is 719 g/mol. The molecular formula is C27H31BrF2N5O7PS2. The lowest BCUT2D eigenvalue weighted by atomic mass is 10.1. The second kappa shape index (κ2) is 14.2. The molecule has 1 N–H and O–H groups in total. The summed E-state index contributed by atoms with van der Waals surface area (Å²) >= 11 is 3.76. The van der Waals surface area contributed by atoms with Crippen molar-refractivity contribution in [2.24, 2.45) is 4.40 Å². The second-order valence-corrected chi connectivity index (χ2v) is 15.3. The standard InChI is InChI=1S/C27H31BrF2N5O7PS2/c1-5-42-43(36,37)27(29,30)25-23(28)21-13-19(26-31-16-35(33-26)15-18-7-9-20(40-4)10-8-18)14-22(24(21)44-25)41-11-6-12-45(38,39)32-17-34(2)3/h7-10,13-14,16-17H,5-6,11-12,15H2,1-4H3,(H,36,37). The Bertz CT molecular complexity index is 1830. The predicted octanol–water partition coefficient (Wildman–Crippen LogP) is 5.94. The zero-order valence-corrected chi connectivity index (χ0v) is 28.8. The first kappa shape index (κ1) is 34.9. The summed E-state index contributed by atoms with van der Waals surface area (Å²) in [6, 6.07) is 10.5. The van der Waals surface area contributed by atoms with E-state index < -0.39 is 34.8 Å². The van der Waals surface area contributed by atoms with Gasteiger partial charge < -0.3 is 23.8 Å². The van der Waals surface area contributed by atoms with E-state index in [2.05, 4.69) is 34.9 Å². The molecule has 0 aliphatic rings. The third kappa shape index (κ3) is 8.26. The fourth-order valence-corrected chi connectivity index (χ4v) is 8.41. The number of nitrogens with zero attached hydrogens (tertiary/aromatic N) is 5. The van der Waals surface area contributed by atoms with Gasteiger partial charge >= 0.3 is 13.3 Å². The number of ether oxygens (including phenoxy) is 2. The Morgan fingerprint density at radius 2 is 1.96 bits per heavy atom. The van der Waals surface area contributed by atoms with Gasteiger partial charge in [0.2, 0.25) is 0 Å². The molecule has 12 nitrogen and oxygen atoms in total. The highest BCUT2D eigenvalue weighted by atomic mass is 79.9. The van der Waals surface area contributed by atoms with Crippen molar-refractivity contribution in [1.29, 1.82) is 0 Å². The summed E-state index contributed by atoms with van der Waals surface area (Å²) in [6.45, 7) is 1.25. The molecule has 2 aromatic heterocycles. The average Bonchev–Trinajstić information content (AvgIpc) is 3.59. The van der Waals surface area contributed by atoms with Crippen molar-refractivity contribution in [3.63, 3.8) is 0 Å². The maximum absolute atomic E-state index is 15.4. The lowest BCUT2D eigenvalue weighted by molar-refractivity contribution is 0.0495. The number of methoxy groups -OCH3 is 1. The van der Waals surface area contributed by atoms with Crippen LogP contribution in [-0.2, 0) is 31.3 Å². The second-order valence-electron chi connectivity index (χ2n) is 9.86. The van der Waals surface area contributed by atoms with Crippen molar-refractivity contribution in [1.82, 2.24) is 19.7 Å². The number of alkyl halides is 2. The van der Waals surface area contributed by atoms with Gasteiger partial charge in [-0.2, -0.15) is 18.3 Å². The third-order valence-corrected chi connectivity index (χ3v) is 11.5. The summed E-state index contributed by atoms with van der Waals surface area (Å²) in [5.74, 6) is 0.809. The van der Waals surface area contributed by atoms with Crippen molar-refractivity contribution in [2.45, 2.75) is 25.6 Å². The zero-order chi connectivity index (χ0) is 33.0. The maximum Gasteiger partial charge on any atom is 0.402 e. The summed E-state index contributed by atoms with van der Waals surface area (Å²) in [7, 11) is -4.29. The van der Waals surface area contributed by atoms with E-state index in [1.54, 1.807) is 38.0 Å². The molecule has 4 rings (SSSR count). The molecule has 4 aromatic rings. The number of halogens is 3. The fourth-order valence-electron chi connectivity index (χ4n) is 4.02. The summed E-state index contributed by atoms with van der Waals surface area (Å²) in [4.78, 5) is 15.2. The van der Waals surface area contributed by atoms with Gasteiger partial charge in [-0.05, 0) is 59.1 Å². The average molecular weight is 751 g/mol. The van der Waals surface area contributed by atoms with Gasteiger partial charge in [-0.15, -0.1) is 11.3 Å². The summed E-state index contributed by atoms with van der Waals surface area (Å²) < 4.78 is 88.6. The van der Waals surface area contributed by atoms with Crippen LogP contribution in [0.25, 0.3) is 21.5 Å². The van der Waals surface area contributed by atoms with Crippen molar-refractivity contribution in [2.75, 3.05) is 40.2 Å². The van der Waals surface area contributed by atoms with E-state index in [1.165, 1.54) is 24.5 Å². The van der Waals surface area contributed by atoms with E-state index in [9.17, 15) is 17.9 Å². The van der Waals surface area contributed by atoms with Crippen LogP contribution in [0.2, 0.25) is 0 Å². The molecule has 1 atom stereocenters. The molecule has 0 aliphatic carbocycles. The summed E-state index contributed by atoms with van der Waals surface area (Å²) in [6.07, 6.45) is 2.76. The minimum absolute atomic E-state index is 0.0549. The lowest BCUT2D eigenvalue weighted by Crippen LogP contribution is -2.14. The smallest absolute Gasteiger partial charge is 0.402 e. The van der Waals surface area contributed by atoms with Gasteiger partial charge in [0, 0.05) is 29.5 Å². The van der Waals surface area contributed by atoms with Gasteiger partial charge in [0.15, 0.2) is 5.82 Å². The van der Waals surface area contributed by atoms with Gasteiger partial charge in [-0.3, -0.25) is 4.57 Å². The number of aromatic nitrogens is 3. The molecule has 0 aliphatic heterocycles. The first-order chi connectivity index (χ1) is 21.2. The minimum Gasteiger partial charge on any atom is -0.497 e. The third-order valence-electron chi connectivity index (χ3n) is 6.17. The van der Waals surface area contributed by atoms with Crippen molar-refractivity contribution in [3.05, 3.63) is 57.6 Å². The van der Waals surface area contributed by atoms with Crippen LogP contribution < -0.4 is 9.47 Å². The molecule has 2 aromatic carbocycles. The number of hydrogen-bond acceptors (Lipinski definition) is 9. The SMILES string of the molecule is CCOP(=O)(O)C(F)(F)c1sc2c(OCCCS(=O)(=O)N=CN(C)C)cc(-c3ncn(Cc4ccc(OC)cc4)n3)cc2c1Br. The normalized spacial score (nSPS) is 13.8. The van der Waals surface area contributed by atoms with Crippen LogP contribution in [-0.4, -0.2) is 79.5 Å². The van der Waals surface area contributed by atoms with E-state index in [-0.39, 0.29) is 44.9 Å². The molecule has 0 fully saturated rings. The van der Waals surface area contributed by atoms with E-state index in [0.717, 1.165) is 5.56 Å². The Labute approximate surface area is 271 Å². The number of benzene rings is 2. The van der Waals surface area contributed by atoms with Crippen LogP contribution in [0.4, 0.5) is 8.78 Å². The monoisotopic (exact) mass is 749 g/mol. The van der Waals surface area contributed by atoms with E-state index in [1.807, 2.05) is 24.3 Å². The van der Waals surface area contributed by atoms with Crippen molar-refractivity contribution in [3.8, 4) is 22.9 Å². The Balaban J connectivity index is 1.69. The highest BCUT2D eigenvalue weighted by molar-refractivity contribution is 9.10. The first-order valence-electron chi connectivity index (χ1n) is 13.4. The first-order valence-corrected chi connectivity index (χ1v) is 18.2. The van der Waals surface area contributed by atoms with Crippen molar-refractivity contribution >= 4 is 61.3 Å². The largest absolute Gasteiger partial charge is 0.497 e. The van der Waals surface area contributed by atoms with E-state index >= 15 is 8.78 Å². The zero-order valence-electron chi connectivity index (χ0n) is 24.7. The Kier molecular flexibility index (Phi) is 11.0. The predicted molar refractivity (Wildman–Crippen MR) is 172 cm³/mol. The molecule has 0 bridgehead atoms. The lowest BCUT2D eigenvalue weighted by Gasteiger charge is -2.20. The Morgan fingerprint density at radius 1 is 1.24 bits per heavy atom. The molecule has 45 heavy (non-hydrogen) atoms. The highest BCUT2D eigenvalue weighted by Crippen LogP contribution is 2.66. The minimum atomic E-state index is -5.39. The molecule has 2 heterocycles. The van der Waals surface area contributed by atoms with Crippen LogP contribution in [0.15, 0.2) is 51.6 Å². The number of hydrogen-bond donors (Lipinski definition) is 1. The molecule has 0 amide bonds. The highest BCUT2D eigenvalue weighted by Gasteiger charge is 2.55.